The normalized spacial score (nSPS) is 10.9. The van der Waals surface area contributed by atoms with Gasteiger partial charge in [-0.3, -0.25) is 0 Å². The molecule has 255 valence electrons. The van der Waals surface area contributed by atoms with Crippen LogP contribution in [0.3, 0.4) is 0 Å². The van der Waals surface area contributed by atoms with Crippen molar-refractivity contribution in [2.24, 2.45) is 0 Å². The Balaban J connectivity index is 0.000000134. The number of hydrogen-bond acceptors (Lipinski definition) is 1. The van der Waals surface area contributed by atoms with Crippen molar-refractivity contribution in [3.05, 3.63) is 224 Å². The van der Waals surface area contributed by atoms with E-state index in [-0.39, 0.29) is 0 Å². The summed E-state index contributed by atoms with van der Waals surface area (Å²) in [5.41, 5.74) is 0. The Labute approximate surface area is 313 Å². The molecule has 0 aliphatic heterocycles. The molecule has 5 heteroatoms. The van der Waals surface area contributed by atoms with E-state index in [1.165, 1.54) is 31.8 Å². The number of halogens is 1. The zero-order chi connectivity index (χ0) is 35.1. The summed E-state index contributed by atoms with van der Waals surface area (Å²) in [6.45, 7) is 0. The van der Waals surface area contributed by atoms with Crippen LogP contribution in [0.5, 0.6) is 0 Å². The molecule has 0 bridgehead atoms. The summed E-state index contributed by atoms with van der Waals surface area (Å²) in [6.07, 6.45) is 0. The molecular weight excluding hydrogens is 725 g/mol. The Morgan fingerprint density at radius 2 is 0.569 bits per heavy atom. The summed E-state index contributed by atoms with van der Waals surface area (Å²) >= 11 is -1.31. The molecule has 0 saturated heterocycles. The Hall–Kier alpha value is -4.38. The Morgan fingerprint density at radius 3 is 0.863 bits per heavy atom. The van der Waals surface area contributed by atoms with Crippen LogP contribution < -0.4 is 36.4 Å². The minimum absolute atomic E-state index is 0.446. The molecule has 0 aliphatic rings. The molecule has 0 aromatic heterocycles. The fourth-order valence-corrected chi connectivity index (χ4v) is 11.4. The van der Waals surface area contributed by atoms with Crippen LogP contribution in [0.15, 0.2) is 224 Å². The summed E-state index contributed by atoms with van der Waals surface area (Å²) < 4.78 is 10.1. The summed E-state index contributed by atoms with van der Waals surface area (Å²) in [5, 5.41) is 10.5. The average molecular weight is 763 g/mol. The minimum Gasteiger partial charge on any atom is -0.0622 e. The van der Waals surface area contributed by atoms with E-state index in [9.17, 15) is 4.25 Å². The van der Waals surface area contributed by atoms with E-state index < -0.39 is 28.7 Å². The molecule has 8 aromatic rings. The molecule has 0 aliphatic carbocycles. The summed E-state index contributed by atoms with van der Waals surface area (Å²) in [4.78, 5) is 0. The van der Waals surface area contributed by atoms with Crippen LogP contribution in [0, 0.1) is 0 Å². The number of hydrogen-bond donors (Lipinski definition) is 1. The zero-order valence-corrected chi connectivity index (χ0v) is 31.4. The quantitative estimate of drug-likeness (QED) is 0.127. The Bertz CT molecular complexity index is 1860. The molecule has 0 fully saturated rings. The maximum Gasteiger partial charge on any atom is -0.0134 e. The van der Waals surface area contributed by atoms with Crippen molar-refractivity contribution in [2.45, 2.75) is 0 Å². The monoisotopic (exact) mass is 761 g/mol. The van der Waals surface area contributed by atoms with Gasteiger partial charge in [0.2, 0.25) is 0 Å². The second-order valence-corrected chi connectivity index (χ2v) is 17.8. The predicted molar refractivity (Wildman–Crippen MR) is 222 cm³/mol. The SMILES string of the molecule is [OH][Ni]([Cl])[c]1cccc2ccccc12.c1ccc(P(c2ccccc2)c2ccccc2)cc1.c1ccc(P(c2ccccc2)c2ccccc2)cc1. The van der Waals surface area contributed by atoms with E-state index in [1.54, 1.807) is 0 Å². The topological polar surface area (TPSA) is 20.2 Å². The molecule has 0 atom stereocenters. The van der Waals surface area contributed by atoms with Crippen LogP contribution in [0.1, 0.15) is 0 Å². The molecule has 0 radical (unpaired) electrons. The van der Waals surface area contributed by atoms with Crippen molar-refractivity contribution < 1.29 is 17.1 Å². The van der Waals surface area contributed by atoms with Crippen LogP contribution >= 0.6 is 26.0 Å². The second-order valence-electron chi connectivity index (χ2n) is 11.3. The zero-order valence-electron chi connectivity index (χ0n) is 27.9. The summed E-state index contributed by atoms with van der Waals surface area (Å²) in [6, 6.07) is 78.3. The van der Waals surface area contributed by atoms with Gasteiger partial charge in [0.1, 0.15) is 0 Å². The first-order chi connectivity index (χ1) is 25.2. The van der Waals surface area contributed by atoms with Crippen LogP contribution in [0.2, 0.25) is 0 Å². The van der Waals surface area contributed by atoms with Gasteiger partial charge < -0.3 is 0 Å². The van der Waals surface area contributed by atoms with Crippen LogP contribution in [-0.2, 0) is 12.8 Å². The fourth-order valence-electron chi connectivity index (χ4n) is 5.64. The first-order valence-electron chi connectivity index (χ1n) is 16.5. The summed E-state index contributed by atoms with van der Waals surface area (Å²) in [5.74, 6) is 0. The molecule has 0 saturated carbocycles. The summed E-state index contributed by atoms with van der Waals surface area (Å²) in [7, 11) is 4.79. The third-order valence-corrected chi connectivity index (χ3v) is 14.2. The Morgan fingerprint density at radius 1 is 0.314 bits per heavy atom. The largest absolute Gasteiger partial charge is 0.0622 e. The molecular formula is C46H38ClNiOP2. The second kappa shape index (κ2) is 19.3. The third kappa shape index (κ3) is 10.1. The number of benzene rings is 8. The van der Waals surface area contributed by atoms with E-state index in [4.69, 9.17) is 10.2 Å². The van der Waals surface area contributed by atoms with Gasteiger partial charge in [0.05, 0.1) is 0 Å². The van der Waals surface area contributed by atoms with Crippen LogP contribution in [-0.4, -0.2) is 4.25 Å². The molecule has 8 aromatic carbocycles. The van der Waals surface area contributed by atoms with E-state index in [0.717, 1.165) is 15.3 Å². The van der Waals surface area contributed by atoms with Gasteiger partial charge in [0.15, 0.2) is 0 Å². The van der Waals surface area contributed by atoms with Crippen molar-refractivity contribution in [1.29, 1.82) is 0 Å². The molecule has 0 spiro atoms. The van der Waals surface area contributed by atoms with Crippen LogP contribution in [0.4, 0.5) is 0 Å². The van der Waals surface area contributed by atoms with Crippen molar-refractivity contribution >= 4 is 73.2 Å². The van der Waals surface area contributed by atoms with E-state index in [0.29, 0.717) is 0 Å². The molecule has 0 heterocycles. The first kappa shape index (κ1) is 36.4. The van der Waals surface area contributed by atoms with E-state index >= 15 is 0 Å². The van der Waals surface area contributed by atoms with Gasteiger partial charge in [-0.2, -0.15) is 0 Å². The van der Waals surface area contributed by atoms with Gasteiger partial charge in [-0.1, -0.05) is 182 Å². The van der Waals surface area contributed by atoms with E-state index in [2.05, 4.69) is 182 Å². The van der Waals surface area contributed by atoms with Crippen molar-refractivity contribution in [1.82, 2.24) is 0 Å². The Kier molecular flexibility index (Phi) is 13.8. The molecule has 0 amide bonds. The van der Waals surface area contributed by atoms with Gasteiger partial charge in [-0.05, 0) is 47.7 Å². The molecule has 1 nitrogen and oxygen atoms in total. The molecule has 0 unspecified atom stereocenters. The molecule has 51 heavy (non-hydrogen) atoms. The van der Waals surface area contributed by atoms with Gasteiger partial charge in [0.25, 0.3) is 0 Å². The molecule has 1 N–H and O–H groups in total. The van der Waals surface area contributed by atoms with Gasteiger partial charge in [-0.15, -0.1) is 0 Å². The standard InChI is InChI=1S/2C18H15P.C10H7.ClH.Ni.H2O/c2*1-4-10-16(11-5-1)19(17-12-6-2-7-13-17)18-14-8-3-9-15-18;1-2-6-10-8-4-3-7-9(10)5-1;;;/h2*1-15H;1-7H;1H;;1H2/q;;;;+2;/p-2. The predicted octanol–water partition coefficient (Wildman–Crippen LogP) is 9.03. The maximum absolute atomic E-state index is 9.33. The van der Waals surface area contributed by atoms with Crippen LogP contribution in [0.25, 0.3) is 10.8 Å². The van der Waals surface area contributed by atoms with Gasteiger partial charge >= 0.3 is 85.1 Å². The number of rotatable bonds is 7. The maximum atomic E-state index is 9.33. The first-order valence-corrected chi connectivity index (χ1v) is 21.5. The van der Waals surface area contributed by atoms with E-state index in [1.807, 2.05) is 42.5 Å². The fraction of sp³-hybridized carbons (Fsp3) is 0. The van der Waals surface area contributed by atoms with Crippen molar-refractivity contribution in [3.8, 4) is 0 Å². The smallest absolute Gasteiger partial charge is 0.0134 e. The molecule has 8 rings (SSSR count). The minimum atomic E-state index is -1.31. The third-order valence-electron chi connectivity index (χ3n) is 7.94. The van der Waals surface area contributed by atoms with Crippen molar-refractivity contribution in [3.63, 3.8) is 0 Å². The van der Waals surface area contributed by atoms with Crippen molar-refractivity contribution in [2.75, 3.05) is 0 Å². The average Bonchev–Trinajstić information content (AvgIpc) is 3.21. The van der Waals surface area contributed by atoms with Gasteiger partial charge in [0, 0.05) is 0 Å². The van der Waals surface area contributed by atoms with Gasteiger partial charge in [-0.25, -0.2) is 0 Å². The number of fused-ring (bicyclic) bond motifs is 1.